The lowest BCUT2D eigenvalue weighted by atomic mass is 10.1. The zero-order valence-corrected chi connectivity index (χ0v) is 31.2. The fraction of sp³-hybridized carbons (Fsp3) is 0.857. The number of rotatable bonds is 36. The van der Waals surface area contributed by atoms with Crippen molar-refractivity contribution in [3.63, 3.8) is 0 Å². The van der Waals surface area contributed by atoms with Crippen molar-refractivity contribution in [2.75, 3.05) is 19.8 Å². The Morgan fingerprint density at radius 1 is 0.348 bits per heavy atom. The Hall–Kier alpha value is -1.58. The van der Waals surface area contributed by atoms with Crippen molar-refractivity contribution in [2.24, 2.45) is 0 Å². The van der Waals surface area contributed by atoms with E-state index in [1.165, 1.54) is 173 Å². The Balaban J connectivity index is 2.47. The molecule has 0 aliphatic heterocycles. The molecule has 270 valence electrons. The highest BCUT2D eigenvalue weighted by molar-refractivity contribution is 5.55. The monoisotopic (exact) mass is 647 g/mol. The molecule has 0 heterocycles. The van der Waals surface area contributed by atoms with Gasteiger partial charge in [0.05, 0.1) is 19.8 Å². The van der Waals surface area contributed by atoms with E-state index in [1.54, 1.807) is 12.1 Å². The van der Waals surface area contributed by atoms with E-state index in [1.807, 2.05) is 0 Å². The van der Waals surface area contributed by atoms with Crippen molar-refractivity contribution in [1.29, 1.82) is 0 Å². The predicted octanol–water partition coefficient (Wildman–Crippen LogP) is 14.3. The highest BCUT2D eigenvalue weighted by Crippen LogP contribution is 2.41. The van der Waals surface area contributed by atoms with Crippen LogP contribution in [-0.2, 0) is 0 Å². The minimum absolute atomic E-state index is 0.183. The second-order valence-electron chi connectivity index (χ2n) is 13.9. The smallest absolute Gasteiger partial charge is 0.203 e. The summed E-state index contributed by atoms with van der Waals surface area (Å²) in [6.45, 7) is 8.78. The minimum Gasteiger partial charge on any atom is -0.508 e. The second-order valence-corrected chi connectivity index (χ2v) is 13.9. The summed E-state index contributed by atoms with van der Waals surface area (Å²) in [6, 6.07) is 3.41. The number of hydrogen-bond donors (Lipinski definition) is 1. The van der Waals surface area contributed by atoms with Crippen LogP contribution in [0.25, 0.3) is 0 Å². The van der Waals surface area contributed by atoms with Gasteiger partial charge in [-0.2, -0.15) is 0 Å². The molecule has 0 unspecified atom stereocenters. The third-order valence-electron chi connectivity index (χ3n) is 9.26. The van der Waals surface area contributed by atoms with Crippen LogP contribution < -0.4 is 14.2 Å². The molecule has 1 N–H and O–H groups in total. The van der Waals surface area contributed by atoms with Crippen molar-refractivity contribution in [3.05, 3.63) is 12.1 Å². The number of unbranched alkanes of at least 4 members (excludes halogenated alkanes) is 27. The summed E-state index contributed by atoms with van der Waals surface area (Å²) >= 11 is 0. The third-order valence-corrected chi connectivity index (χ3v) is 9.26. The Labute approximate surface area is 287 Å². The van der Waals surface area contributed by atoms with E-state index in [4.69, 9.17) is 14.2 Å². The lowest BCUT2D eigenvalue weighted by Crippen LogP contribution is -2.06. The third kappa shape index (κ3) is 25.5. The van der Waals surface area contributed by atoms with Crippen LogP contribution in [0.2, 0.25) is 0 Å². The first-order valence-electron chi connectivity index (χ1n) is 20.5. The quantitative estimate of drug-likeness (QED) is 0.0737. The first-order valence-corrected chi connectivity index (χ1v) is 20.5. The Bertz CT molecular complexity index is 717. The standard InChI is InChI=1S/C42H78O4/c1-4-7-10-13-16-19-22-25-28-31-34-44-40-37-39(43)38-41(45-35-32-29-26-23-20-17-14-11-8-5-2)42(40)46-36-33-30-27-24-21-18-15-12-9-6-3/h37-38,43H,4-36H2,1-3H3. The summed E-state index contributed by atoms with van der Waals surface area (Å²) in [7, 11) is 0. The summed E-state index contributed by atoms with van der Waals surface area (Å²) in [5, 5.41) is 10.5. The molecule has 0 bridgehead atoms. The predicted molar refractivity (Wildman–Crippen MR) is 200 cm³/mol. The molecular formula is C42H78O4. The van der Waals surface area contributed by atoms with Gasteiger partial charge in [0.1, 0.15) is 5.75 Å². The molecule has 0 fully saturated rings. The number of hydrogen-bond acceptors (Lipinski definition) is 4. The summed E-state index contributed by atoms with van der Waals surface area (Å²) in [6.07, 6.45) is 39.1. The van der Waals surface area contributed by atoms with Gasteiger partial charge < -0.3 is 19.3 Å². The molecule has 0 spiro atoms. The average molecular weight is 647 g/mol. The van der Waals surface area contributed by atoms with E-state index < -0.39 is 0 Å². The minimum atomic E-state index is 0.183. The molecule has 1 aromatic carbocycles. The molecule has 0 aromatic heterocycles. The molecule has 0 aliphatic rings. The van der Waals surface area contributed by atoms with Crippen molar-refractivity contribution < 1.29 is 19.3 Å². The van der Waals surface area contributed by atoms with Gasteiger partial charge in [0.2, 0.25) is 5.75 Å². The number of aromatic hydroxyl groups is 1. The summed E-state index contributed by atoms with van der Waals surface area (Å²) in [5.74, 6) is 2.11. The van der Waals surface area contributed by atoms with Gasteiger partial charge in [-0.25, -0.2) is 0 Å². The van der Waals surface area contributed by atoms with Crippen LogP contribution in [0.4, 0.5) is 0 Å². The van der Waals surface area contributed by atoms with E-state index in [9.17, 15) is 5.11 Å². The van der Waals surface area contributed by atoms with Crippen LogP contribution in [0.1, 0.15) is 213 Å². The number of ether oxygens (including phenoxy) is 3. The molecule has 0 radical (unpaired) electrons. The Morgan fingerprint density at radius 3 is 0.870 bits per heavy atom. The van der Waals surface area contributed by atoms with Gasteiger partial charge in [-0.1, -0.05) is 194 Å². The molecule has 0 aliphatic carbocycles. The maximum absolute atomic E-state index is 10.5. The number of benzene rings is 1. The molecule has 46 heavy (non-hydrogen) atoms. The lowest BCUT2D eigenvalue weighted by molar-refractivity contribution is 0.232. The van der Waals surface area contributed by atoms with E-state index in [-0.39, 0.29) is 5.75 Å². The van der Waals surface area contributed by atoms with Crippen LogP contribution in [0.5, 0.6) is 23.0 Å². The maximum atomic E-state index is 10.5. The van der Waals surface area contributed by atoms with Crippen LogP contribution in [0, 0.1) is 0 Å². The maximum Gasteiger partial charge on any atom is 0.203 e. The van der Waals surface area contributed by atoms with Gasteiger partial charge in [0.15, 0.2) is 11.5 Å². The SMILES string of the molecule is CCCCCCCCCCCCOc1cc(O)cc(OCCCCCCCCCCCC)c1OCCCCCCCCCCCC. The van der Waals surface area contributed by atoms with E-state index in [2.05, 4.69) is 20.8 Å². The first-order chi connectivity index (χ1) is 22.7. The van der Waals surface area contributed by atoms with Gasteiger partial charge in [-0.3, -0.25) is 0 Å². The molecule has 4 heteroatoms. The number of phenolic OH excluding ortho intramolecular Hbond substituents is 1. The Kier molecular flexibility index (Phi) is 30.7. The summed E-state index contributed by atoms with van der Waals surface area (Å²) < 4.78 is 18.8. The fourth-order valence-corrected chi connectivity index (χ4v) is 6.23. The van der Waals surface area contributed by atoms with Crippen LogP contribution in [0.3, 0.4) is 0 Å². The van der Waals surface area contributed by atoms with Crippen molar-refractivity contribution in [1.82, 2.24) is 0 Å². The van der Waals surface area contributed by atoms with Crippen molar-refractivity contribution in [2.45, 2.75) is 213 Å². The highest BCUT2D eigenvalue weighted by Gasteiger charge is 2.16. The molecule has 4 nitrogen and oxygen atoms in total. The van der Waals surface area contributed by atoms with Gasteiger partial charge in [0, 0.05) is 12.1 Å². The van der Waals surface area contributed by atoms with E-state index >= 15 is 0 Å². The van der Waals surface area contributed by atoms with Crippen LogP contribution >= 0.6 is 0 Å². The van der Waals surface area contributed by atoms with Gasteiger partial charge in [-0.05, 0) is 19.3 Å². The zero-order chi connectivity index (χ0) is 33.2. The molecule has 0 atom stereocenters. The topological polar surface area (TPSA) is 47.9 Å². The van der Waals surface area contributed by atoms with Gasteiger partial charge in [0.25, 0.3) is 0 Å². The molecule has 1 rings (SSSR count). The lowest BCUT2D eigenvalue weighted by Gasteiger charge is -2.18. The average Bonchev–Trinajstić information content (AvgIpc) is 3.05. The van der Waals surface area contributed by atoms with E-state index in [0.717, 1.165) is 19.3 Å². The molecular weight excluding hydrogens is 568 g/mol. The van der Waals surface area contributed by atoms with E-state index in [0.29, 0.717) is 37.1 Å². The summed E-state index contributed by atoms with van der Waals surface area (Å²) in [4.78, 5) is 0. The van der Waals surface area contributed by atoms with Crippen molar-refractivity contribution >= 4 is 0 Å². The number of phenols is 1. The van der Waals surface area contributed by atoms with Gasteiger partial charge in [-0.15, -0.1) is 0 Å². The largest absolute Gasteiger partial charge is 0.508 e. The van der Waals surface area contributed by atoms with Crippen LogP contribution in [0.15, 0.2) is 12.1 Å². The zero-order valence-electron chi connectivity index (χ0n) is 31.2. The Morgan fingerprint density at radius 2 is 0.587 bits per heavy atom. The molecule has 0 saturated carbocycles. The normalized spacial score (nSPS) is 11.3. The van der Waals surface area contributed by atoms with Gasteiger partial charge >= 0.3 is 0 Å². The first kappa shape index (κ1) is 42.4. The summed E-state index contributed by atoms with van der Waals surface area (Å²) in [5.41, 5.74) is 0. The highest BCUT2D eigenvalue weighted by atomic mass is 16.5. The molecule has 0 amide bonds. The van der Waals surface area contributed by atoms with Crippen molar-refractivity contribution in [3.8, 4) is 23.0 Å². The molecule has 0 saturated heterocycles. The molecule has 1 aromatic rings. The fourth-order valence-electron chi connectivity index (χ4n) is 6.23. The van der Waals surface area contributed by atoms with Crippen LogP contribution in [-0.4, -0.2) is 24.9 Å². The second kappa shape index (κ2) is 33.3.